The first-order chi connectivity index (χ1) is 15.8. The van der Waals surface area contributed by atoms with Gasteiger partial charge in [-0.3, -0.25) is 0 Å². The van der Waals surface area contributed by atoms with Crippen LogP contribution in [-0.4, -0.2) is 9.97 Å². The van der Waals surface area contributed by atoms with E-state index in [1.54, 1.807) is 12.1 Å². The summed E-state index contributed by atoms with van der Waals surface area (Å²) in [4.78, 5) is 7.27. The monoisotopic (exact) mass is 449 g/mol. The number of rotatable bonds is 7. The van der Waals surface area contributed by atoms with Gasteiger partial charge in [0.15, 0.2) is 0 Å². The average molecular weight is 450 g/mol. The number of hydrogen-bond acceptors (Lipinski definition) is 2. The number of alkyl halides is 3. The Morgan fingerprint density at radius 2 is 1.55 bits per heavy atom. The first-order valence-corrected chi connectivity index (χ1v) is 11.0. The number of H-pyrrole nitrogens is 1. The molecule has 1 atom stereocenters. The molecule has 4 rings (SSSR count). The fraction of sp³-hybridized carbons (Fsp3) is 0.222. The van der Waals surface area contributed by atoms with Crippen molar-refractivity contribution in [1.29, 1.82) is 0 Å². The molecule has 6 heteroatoms. The van der Waals surface area contributed by atoms with Crippen molar-refractivity contribution in [2.24, 2.45) is 5.73 Å². The highest BCUT2D eigenvalue weighted by molar-refractivity contribution is 5.63. The van der Waals surface area contributed by atoms with Crippen molar-refractivity contribution in [3.8, 4) is 22.4 Å². The predicted molar refractivity (Wildman–Crippen MR) is 126 cm³/mol. The van der Waals surface area contributed by atoms with Gasteiger partial charge < -0.3 is 10.7 Å². The molecule has 33 heavy (non-hydrogen) atoms. The lowest BCUT2D eigenvalue weighted by atomic mass is 9.96. The van der Waals surface area contributed by atoms with Gasteiger partial charge in [-0.2, -0.15) is 13.2 Å². The Labute approximate surface area is 191 Å². The van der Waals surface area contributed by atoms with Gasteiger partial charge in [0.1, 0.15) is 5.82 Å². The molecule has 1 heterocycles. The third-order valence-electron chi connectivity index (χ3n) is 5.86. The molecule has 0 radical (unpaired) electrons. The highest BCUT2D eigenvalue weighted by Gasteiger charge is 2.33. The molecule has 0 fully saturated rings. The van der Waals surface area contributed by atoms with Gasteiger partial charge in [-0.1, -0.05) is 73.7 Å². The molecular weight excluding hydrogens is 423 g/mol. The third kappa shape index (κ3) is 5.34. The molecule has 0 aliphatic rings. The molecule has 0 bridgehead atoms. The van der Waals surface area contributed by atoms with Gasteiger partial charge in [-0.15, -0.1) is 0 Å². The largest absolute Gasteiger partial charge is 0.416 e. The van der Waals surface area contributed by atoms with E-state index in [-0.39, 0.29) is 11.6 Å². The van der Waals surface area contributed by atoms with Crippen LogP contribution in [0.1, 0.15) is 41.9 Å². The summed E-state index contributed by atoms with van der Waals surface area (Å²) in [6, 6.07) is 22.2. The summed E-state index contributed by atoms with van der Waals surface area (Å²) in [5.74, 6) is 0.573. The predicted octanol–water partition coefficient (Wildman–Crippen LogP) is 6.96. The Hall–Kier alpha value is -3.38. The fourth-order valence-electron chi connectivity index (χ4n) is 3.86. The summed E-state index contributed by atoms with van der Waals surface area (Å²) in [6.45, 7) is 1.93. The minimum atomic E-state index is -4.44. The number of aromatic amines is 1. The summed E-state index contributed by atoms with van der Waals surface area (Å²) in [5.41, 5.74) is 9.81. The van der Waals surface area contributed by atoms with Crippen LogP contribution < -0.4 is 5.73 Å². The Bertz CT molecular complexity index is 1200. The second-order valence-corrected chi connectivity index (χ2v) is 8.13. The normalized spacial score (nSPS) is 12.6. The van der Waals surface area contributed by atoms with Crippen molar-refractivity contribution in [2.45, 2.75) is 38.4 Å². The van der Waals surface area contributed by atoms with Crippen molar-refractivity contribution in [2.75, 3.05) is 0 Å². The van der Waals surface area contributed by atoms with Crippen LogP contribution in [0.5, 0.6) is 0 Å². The minimum absolute atomic E-state index is 0.270. The molecule has 170 valence electrons. The molecule has 1 aromatic heterocycles. The van der Waals surface area contributed by atoms with Crippen LogP contribution in [0.3, 0.4) is 0 Å². The zero-order valence-electron chi connectivity index (χ0n) is 18.4. The van der Waals surface area contributed by atoms with Crippen molar-refractivity contribution in [3.05, 3.63) is 102 Å². The van der Waals surface area contributed by atoms with Gasteiger partial charge in [-0.25, -0.2) is 4.98 Å². The van der Waals surface area contributed by atoms with Gasteiger partial charge in [0, 0.05) is 5.56 Å². The second kappa shape index (κ2) is 9.63. The molecule has 0 aliphatic carbocycles. The van der Waals surface area contributed by atoms with Gasteiger partial charge in [0.05, 0.1) is 23.5 Å². The van der Waals surface area contributed by atoms with Crippen LogP contribution in [0.2, 0.25) is 0 Å². The van der Waals surface area contributed by atoms with E-state index in [0.29, 0.717) is 36.3 Å². The third-order valence-corrected chi connectivity index (χ3v) is 5.86. The maximum absolute atomic E-state index is 13.9. The van der Waals surface area contributed by atoms with E-state index in [2.05, 4.69) is 9.97 Å². The Balaban J connectivity index is 1.53. The van der Waals surface area contributed by atoms with Crippen molar-refractivity contribution < 1.29 is 13.2 Å². The molecule has 0 amide bonds. The summed E-state index contributed by atoms with van der Waals surface area (Å²) in [7, 11) is 0. The SMILES string of the molecule is CCC(N)c1ncc(-c2ccc(CCc3ccc(-c4ccccc4)cc3)c(C(F)(F)F)c2)[nH]1. The maximum Gasteiger partial charge on any atom is 0.416 e. The van der Waals surface area contributed by atoms with Gasteiger partial charge in [-0.05, 0) is 47.6 Å². The van der Waals surface area contributed by atoms with E-state index in [1.807, 2.05) is 61.5 Å². The number of hydrogen-bond donors (Lipinski definition) is 2. The van der Waals surface area contributed by atoms with E-state index in [9.17, 15) is 13.2 Å². The van der Waals surface area contributed by atoms with Crippen LogP contribution >= 0.6 is 0 Å². The Morgan fingerprint density at radius 1 is 0.879 bits per heavy atom. The maximum atomic E-state index is 13.9. The van der Waals surface area contributed by atoms with Crippen LogP contribution in [0.15, 0.2) is 79.0 Å². The molecule has 3 nitrogen and oxygen atoms in total. The topological polar surface area (TPSA) is 54.7 Å². The smallest absolute Gasteiger partial charge is 0.341 e. The van der Waals surface area contributed by atoms with Crippen LogP contribution in [0, 0.1) is 0 Å². The lowest BCUT2D eigenvalue weighted by Crippen LogP contribution is -2.11. The standard InChI is InChI=1S/C27H26F3N3/c1-2-24(31)26-32-17-25(33-26)22-15-14-21(23(16-22)27(28,29)30)13-10-18-8-11-20(12-9-18)19-6-4-3-5-7-19/h3-9,11-12,14-17,24H,2,10,13,31H2,1H3,(H,32,33). The first-order valence-electron chi connectivity index (χ1n) is 11.0. The first kappa shape index (κ1) is 22.8. The summed E-state index contributed by atoms with van der Waals surface area (Å²) >= 11 is 0. The van der Waals surface area contributed by atoms with E-state index < -0.39 is 11.7 Å². The number of imidazole rings is 1. The summed E-state index contributed by atoms with van der Waals surface area (Å²) < 4.78 is 41.6. The van der Waals surface area contributed by atoms with E-state index in [0.717, 1.165) is 16.7 Å². The van der Waals surface area contributed by atoms with Gasteiger partial charge in [0.25, 0.3) is 0 Å². The number of benzene rings is 3. The zero-order chi connectivity index (χ0) is 23.4. The zero-order valence-corrected chi connectivity index (χ0v) is 18.4. The number of nitrogens with two attached hydrogens (primary N) is 1. The minimum Gasteiger partial charge on any atom is -0.341 e. The number of aromatic nitrogens is 2. The van der Waals surface area contributed by atoms with Crippen molar-refractivity contribution in [3.63, 3.8) is 0 Å². The van der Waals surface area contributed by atoms with E-state index in [1.165, 1.54) is 12.3 Å². The molecule has 4 aromatic rings. The lowest BCUT2D eigenvalue weighted by molar-refractivity contribution is -0.138. The summed E-state index contributed by atoms with van der Waals surface area (Å²) in [5, 5.41) is 0. The highest BCUT2D eigenvalue weighted by atomic mass is 19.4. The quantitative estimate of drug-likeness (QED) is 0.320. The molecular formula is C27H26F3N3. The number of nitrogens with one attached hydrogen (secondary N) is 1. The highest BCUT2D eigenvalue weighted by Crippen LogP contribution is 2.35. The fourth-order valence-corrected chi connectivity index (χ4v) is 3.86. The van der Waals surface area contributed by atoms with Crippen LogP contribution in [-0.2, 0) is 19.0 Å². The van der Waals surface area contributed by atoms with Crippen molar-refractivity contribution in [1.82, 2.24) is 9.97 Å². The Morgan fingerprint density at radius 3 is 2.21 bits per heavy atom. The van der Waals surface area contributed by atoms with Crippen LogP contribution in [0.25, 0.3) is 22.4 Å². The second-order valence-electron chi connectivity index (χ2n) is 8.13. The lowest BCUT2D eigenvalue weighted by Gasteiger charge is -2.15. The molecule has 0 saturated heterocycles. The van der Waals surface area contributed by atoms with Gasteiger partial charge >= 0.3 is 6.18 Å². The van der Waals surface area contributed by atoms with Crippen LogP contribution in [0.4, 0.5) is 13.2 Å². The number of halogens is 3. The molecule has 3 aromatic carbocycles. The summed E-state index contributed by atoms with van der Waals surface area (Å²) in [6.07, 6.45) is -1.39. The average Bonchev–Trinajstić information content (AvgIpc) is 3.33. The molecule has 0 spiro atoms. The van der Waals surface area contributed by atoms with E-state index in [4.69, 9.17) is 5.73 Å². The van der Waals surface area contributed by atoms with Crippen molar-refractivity contribution >= 4 is 0 Å². The molecule has 3 N–H and O–H groups in total. The Kier molecular flexibility index (Phi) is 6.65. The molecule has 1 unspecified atom stereocenters. The van der Waals surface area contributed by atoms with E-state index >= 15 is 0 Å². The molecule has 0 aliphatic heterocycles. The molecule has 0 saturated carbocycles. The van der Waals surface area contributed by atoms with Gasteiger partial charge in [0.2, 0.25) is 0 Å². The number of nitrogens with zero attached hydrogens (tertiary/aromatic N) is 1. The number of aryl methyl sites for hydroxylation is 2.